The van der Waals surface area contributed by atoms with E-state index < -0.39 is 0 Å². The molecule has 2 N–H and O–H groups in total. The summed E-state index contributed by atoms with van der Waals surface area (Å²) in [6.45, 7) is 1.96. The molecule has 1 aromatic carbocycles. The van der Waals surface area contributed by atoms with Crippen LogP contribution in [0.3, 0.4) is 0 Å². The third kappa shape index (κ3) is 4.13. The second-order valence-electron chi connectivity index (χ2n) is 3.24. The summed E-state index contributed by atoms with van der Waals surface area (Å²) in [5.74, 6) is 1.88. The van der Waals surface area contributed by atoms with Crippen LogP contribution in [0, 0.1) is 0 Å². The molecule has 0 saturated heterocycles. The summed E-state index contributed by atoms with van der Waals surface area (Å²) in [5.41, 5.74) is 5.31. The molecule has 0 fully saturated rings. The van der Waals surface area contributed by atoms with Crippen LogP contribution in [-0.4, -0.2) is 40.6 Å². The van der Waals surface area contributed by atoms with E-state index in [0.29, 0.717) is 43.6 Å². The van der Waals surface area contributed by atoms with Crippen molar-refractivity contribution >= 4 is 0 Å². The van der Waals surface area contributed by atoms with Crippen LogP contribution < -0.4 is 19.9 Å². The van der Waals surface area contributed by atoms with Crippen molar-refractivity contribution in [3.63, 3.8) is 0 Å². The average Bonchev–Trinajstić information content (AvgIpc) is 2.38. The van der Waals surface area contributed by atoms with E-state index in [2.05, 4.69) is 0 Å². The number of methoxy groups -OCH3 is 2. The fourth-order valence-electron chi connectivity index (χ4n) is 1.35. The number of hydrogen-bond acceptors (Lipinski definition) is 5. The zero-order valence-electron chi connectivity index (χ0n) is 10.3. The summed E-state index contributed by atoms with van der Waals surface area (Å²) in [4.78, 5) is 0. The maximum atomic E-state index is 5.58. The Morgan fingerprint density at radius 2 is 1.65 bits per heavy atom. The maximum Gasteiger partial charge on any atom is 0.203 e. The molecule has 0 bridgehead atoms. The van der Waals surface area contributed by atoms with E-state index in [1.807, 2.05) is 18.2 Å². The minimum atomic E-state index is 0.427. The first kappa shape index (κ1) is 13.6. The van der Waals surface area contributed by atoms with E-state index in [9.17, 15) is 0 Å². The maximum absolute atomic E-state index is 5.58. The monoisotopic (exact) mass is 241 g/mol. The molecule has 1 rings (SSSR count). The molecule has 1 aromatic rings. The smallest absolute Gasteiger partial charge is 0.203 e. The second kappa shape index (κ2) is 7.76. The first-order chi connectivity index (χ1) is 8.33. The predicted octanol–water partition coefficient (Wildman–Crippen LogP) is 1.06. The lowest BCUT2D eigenvalue weighted by Crippen LogP contribution is -2.13. The molecule has 0 amide bonds. The minimum absolute atomic E-state index is 0.427. The van der Waals surface area contributed by atoms with Crippen LogP contribution in [0.25, 0.3) is 0 Å². The lowest BCUT2D eigenvalue weighted by molar-refractivity contribution is 0.103. The molecule has 17 heavy (non-hydrogen) atoms. The fraction of sp³-hybridized carbons (Fsp3) is 0.500. The number of benzene rings is 1. The summed E-state index contributed by atoms with van der Waals surface area (Å²) in [7, 11) is 3.18. The van der Waals surface area contributed by atoms with Crippen molar-refractivity contribution in [3.05, 3.63) is 18.2 Å². The van der Waals surface area contributed by atoms with Crippen molar-refractivity contribution in [1.82, 2.24) is 0 Å². The Kier molecular flexibility index (Phi) is 6.21. The van der Waals surface area contributed by atoms with Crippen molar-refractivity contribution in [2.24, 2.45) is 5.73 Å². The number of ether oxygens (including phenoxy) is 4. The molecule has 5 heteroatoms. The Balaban J connectivity index is 2.55. The SMILES string of the molecule is COc1cccc(OC)c1OCCOCCN. The van der Waals surface area contributed by atoms with Gasteiger partial charge in [-0.15, -0.1) is 0 Å². The third-order valence-electron chi connectivity index (χ3n) is 2.12. The van der Waals surface area contributed by atoms with Crippen LogP contribution in [0.4, 0.5) is 0 Å². The molecule has 0 aliphatic carbocycles. The van der Waals surface area contributed by atoms with Gasteiger partial charge in [0.1, 0.15) is 6.61 Å². The molecular formula is C12H19NO4. The van der Waals surface area contributed by atoms with Crippen molar-refractivity contribution in [2.45, 2.75) is 0 Å². The molecule has 0 saturated carbocycles. The lowest BCUT2D eigenvalue weighted by Gasteiger charge is -2.13. The van der Waals surface area contributed by atoms with E-state index >= 15 is 0 Å². The van der Waals surface area contributed by atoms with Gasteiger partial charge in [-0.25, -0.2) is 0 Å². The molecule has 0 heterocycles. The van der Waals surface area contributed by atoms with Crippen molar-refractivity contribution < 1.29 is 18.9 Å². The van der Waals surface area contributed by atoms with Crippen molar-refractivity contribution in [2.75, 3.05) is 40.6 Å². The Labute approximate surface area is 101 Å². The van der Waals surface area contributed by atoms with E-state index in [1.165, 1.54) is 0 Å². The molecule has 0 unspecified atom stereocenters. The van der Waals surface area contributed by atoms with Crippen LogP contribution in [0.15, 0.2) is 18.2 Å². The van der Waals surface area contributed by atoms with Crippen molar-refractivity contribution in [1.29, 1.82) is 0 Å². The van der Waals surface area contributed by atoms with Gasteiger partial charge < -0.3 is 24.7 Å². The summed E-state index contributed by atoms with van der Waals surface area (Å²) in [6.07, 6.45) is 0. The van der Waals surface area contributed by atoms with Crippen LogP contribution in [0.2, 0.25) is 0 Å². The highest BCUT2D eigenvalue weighted by Crippen LogP contribution is 2.36. The van der Waals surface area contributed by atoms with Crippen molar-refractivity contribution in [3.8, 4) is 17.2 Å². The van der Waals surface area contributed by atoms with Gasteiger partial charge in [-0.3, -0.25) is 0 Å². The standard InChI is InChI=1S/C12H19NO4/c1-14-10-4-3-5-11(15-2)12(10)17-9-8-16-7-6-13/h3-5H,6-9,13H2,1-2H3. The van der Waals surface area contributed by atoms with Gasteiger partial charge in [-0.1, -0.05) is 6.07 Å². The highest BCUT2D eigenvalue weighted by molar-refractivity contribution is 5.51. The summed E-state index contributed by atoms with van der Waals surface area (Å²) < 4.78 is 21.2. The van der Waals surface area contributed by atoms with Crippen LogP contribution >= 0.6 is 0 Å². The second-order valence-corrected chi connectivity index (χ2v) is 3.24. The molecule has 0 radical (unpaired) electrons. The Morgan fingerprint density at radius 3 is 2.18 bits per heavy atom. The predicted molar refractivity (Wildman–Crippen MR) is 64.9 cm³/mol. The Morgan fingerprint density at radius 1 is 1.00 bits per heavy atom. The molecule has 5 nitrogen and oxygen atoms in total. The largest absolute Gasteiger partial charge is 0.493 e. The number of nitrogens with two attached hydrogens (primary N) is 1. The topological polar surface area (TPSA) is 62.9 Å². The van der Waals surface area contributed by atoms with Gasteiger partial charge in [0.2, 0.25) is 5.75 Å². The molecule has 0 aliphatic rings. The molecule has 96 valence electrons. The van der Waals surface area contributed by atoms with E-state index in [1.54, 1.807) is 14.2 Å². The quantitative estimate of drug-likeness (QED) is 0.689. The molecule has 0 atom stereocenters. The van der Waals surface area contributed by atoms with Gasteiger partial charge in [-0.2, -0.15) is 0 Å². The lowest BCUT2D eigenvalue weighted by atomic mass is 10.3. The zero-order chi connectivity index (χ0) is 12.5. The van der Waals surface area contributed by atoms with Gasteiger partial charge in [-0.05, 0) is 12.1 Å². The number of para-hydroxylation sites is 1. The van der Waals surface area contributed by atoms with Gasteiger partial charge in [0.05, 0.1) is 27.4 Å². The summed E-state index contributed by atoms with van der Waals surface area (Å²) >= 11 is 0. The summed E-state index contributed by atoms with van der Waals surface area (Å²) in [6, 6.07) is 5.48. The minimum Gasteiger partial charge on any atom is -0.493 e. The van der Waals surface area contributed by atoms with Gasteiger partial charge >= 0.3 is 0 Å². The van der Waals surface area contributed by atoms with Crippen LogP contribution in [0.5, 0.6) is 17.2 Å². The third-order valence-corrected chi connectivity index (χ3v) is 2.12. The average molecular weight is 241 g/mol. The molecule has 0 aromatic heterocycles. The molecule has 0 aliphatic heterocycles. The van der Waals surface area contributed by atoms with E-state index in [-0.39, 0.29) is 0 Å². The highest BCUT2D eigenvalue weighted by atomic mass is 16.6. The van der Waals surface area contributed by atoms with E-state index in [0.717, 1.165) is 0 Å². The number of rotatable bonds is 8. The van der Waals surface area contributed by atoms with E-state index in [4.69, 9.17) is 24.7 Å². The first-order valence-corrected chi connectivity index (χ1v) is 5.45. The van der Waals surface area contributed by atoms with Gasteiger partial charge in [0.25, 0.3) is 0 Å². The first-order valence-electron chi connectivity index (χ1n) is 5.45. The van der Waals surface area contributed by atoms with Crippen LogP contribution in [0.1, 0.15) is 0 Å². The fourth-order valence-corrected chi connectivity index (χ4v) is 1.35. The molecular weight excluding hydrogens is 222 g/mol. The Hall–Kier alpha value is -1.46. The van der Waals surface area contributed by atoms with Crippen LogP contribution in [-0.2, 0) is 4.74 Å². The molecule has 0 spiro atoms. The van der Waals surface area contributed by atoms with Gasteiger partial charge in [0.15, 0.2) is 11.5 Å². The zero-order valence-corrected chi connectivity index (χ0v) is 10.3. The summed E-state index contributed by atoms with van der Waals surface area (Å²) in [5, 5.41) is 0. The Bertz CT molecular complexity index is 308. The normalized spacial score (nSPS) is 10.1. The van der Waals surface area contributed by atoms with Gasteiger partial charge in [0, 0.05) is 6.54 Å². The highest BCUT2D eigenvalue weighted by Gasteiger charge is 2.10. The number of hydrogen-bond donors (Lipinski definition) is 1.